The quantitative estimate of drug-likeness (QED) is 0.683. The van der Waals surface area contributed by atoms with Gasteiger partial charge in [0.2, 0.25) is 0 Å². The summed E-state index contributed by atoms with van der Waals surface area (Å²) in [5.41, 5.74) is 0. The zero-order valence-corrected chi connectivity index (χ0v) is 7.05. The summed E-state index contributed by atoms with van der Waals surface area (Å²) in [4.78, 5) is 0. The molecular weight excluding hydrogens is 223 g/mol. The van der Waals surface area contributed by atoms with Gasteiger partial charge in [-0.1, -0.05) is 0 Å². The van der Waals surface area contributed by atoms with Gasteiger partial charge in [-0.3, -0.25) is 8.37 Å². The molecule has 0 bridgehead atoms. The van der Waals surface area contributed by atoms with Gasteiger partial charge in [0.15, 0.2) is 0 Å². The van der Waals surface area contributed by atoms with Crippen molar-refractivity contribution in [3.63, 3.8) is 0 Å². The number of hydrogen-bond donors (Lipinski definition) is 0. The van der Waals surface area contributed by atoms with E-state index in [0.717, 1.165) is 7.11 Å². The highest BCUT2D eigenvalue weighted by molar-refractivity contribution is 7.75. The molecule has 0 amide bonds. The summed E-state index contributed by atoms with van der Waals surface area (Å²) in [6.45, 7) is -2.03. The standard InChI is InChI=1S/C4H5F5O3S/c1-11-13(10)12-2-3(5,6)4(7,8)9/h2H2,1H3. The highest BCUT2D eigenvalue weighted by atomic mass is 32.2. The molecule has 0 aliphatic rings. The Balaban J connectivity index is 4.12. The molecule has 3 nitrogen and oxygen atoms in total. The SMILES string of the molecule is COS(=O)OCC(F)(F)C(F)(F)F. The Bertz CT molecular complexity index is 191. The first-order chi connectivity index (χ1) is 5.70. The first kappa shape index (κ1) is 12.7. The second-order valence-corrected chi connectivity index (χ2v) is 2.81. The second-order valence-electron chi connectivity index (χ2n) is 1.84. The van der Waals surface area contributed by atoms with Gasteiger partial charge in [0.1, 0.15) is 6.61 Å². The van der Waals surface area contributed by atoms with Crippen molar-refractivity contribution in [3.05, 3.63) is 0 Å². The Morgan fingerprint density at radius 2 is 1.69 bits per heavy atom. The summed E-state index contributed by atoms with van der Waals surface area (Å²) in [5.74, 6) is -5.03. The summed E-state index contributed by atoms with van der Waals surface area (Å²) >= 11 is -2.59. The van der Waals surface area contributed by atoms with Crippen LogP contribution in [0.25, 0.3) is 0 Å². The molecule has 0 aromatic heterocycles. The molecule has 0 radical (unpaired) electrons. The normalized spacial score (nSPS) is 15.8. The number of halogens is 5. The van der Waals surface area contributed by atoms with E-state index in [4.69, 9.17) is 0 Å². The second kappa shape index (κ2) is 4.29. The predicted octanol–water partition coefficient (Wildman–Crippen LogP) is 1.43. The minimum Gasteiger partial charge on any atom is -0.272 e. The third kappa shape index (κ3) is 3.96. The molecule has 0 saturated carbocycles. The Morgan fingerprint density at radius 3 is 2.00 bits per heavy atom. The molecule has 0 rings (SSSR count). The first-order valence-corrected chi connectivity index (χ1v) is 3.75. The van der Waals surface area contributed by atoms with Crippen LogP contribution in [-0.2, 0) is 19.7 Å². The van der Waals surface area contributed by atoms with Crippen LogP contribution in [0.4, 0.5) is 22.0 Å². The lowest BCUT2D eigenvalue weighted by Crippen LogP contribution is -2.40. The van der Waals surface area contributed by atoms with Crippen LogP contribution in [-0.4, -0.2) is 30.0 Å². The largest absolute Gasteiger partial charge is 0.455 e. The minimum atomic E-state index is -5.72. The predicted molar refractivity (Wildman–Crippen MR) is 32.1 cm³/mol. The van der Waals surface area contributed by atoms with Gasteiger partial charge < -0.3 is 0 Å². The van der Waals surface area contributed by atoms with Gasteiger partial charge >= 0.3 is 23.5 Å². The molecule has 0 N–H and O–H groups in total. The van der Waals surface area contributed by atoms with Crippen LogP contribution in [0.1, 0.15) is 0 Å². The zero-order valence-electron chi connectivity index (χ0n) is 6.23. The number of alkyl halides is 5. The fourth-order valence-electron chi connectivity index (χ4n) is 0.252. The van der Waals surface area contributed by atoms with Crippen molar-refractivity contribution in [2.24, 2.45) is 0 Å². The maximum atomic E-state index is 12.0. The maximum Gasteiger partial charge on any atom is 0.455 e. The molecule has 0 aromatic rings. The molecule has 9 heteroatoms. The Labute approximate surface area is 72.7 Å². The first-order valence-electron chi connectivity index (χ1n) is 2.75. The van der Waals surface area contributed by atoms with Crippen LogP contribution in [0, 0.1) is 0 Å². The molecule has 0 heterocycles. The molecule has 0 saturated heterocycles. The van der Waals surface area contributed by atoms with Crippen molar-refractivity contribution in [2.45, 2.75) is 12.1 Å². The van der Waals surface area contributed by atoms with E-state index in [1.807, 2.05) is 0 Å². The lowest BCUT2D eigenvalue weighted by Gasteiger charge is -2.17. The molecule has 0 spiro atoms. The van der Waals surface area contributed by atoms with Gasteiger partial charge in [-0.15, -0.1) is 0 Å². The lowest BCUT2D eigenvalue weighted by atomic mass is 10.3. The van der Waals surface area contributed by atoms with E-state index in [1.54, 1.807) is 0 Å². The van der Waals surface area contributed by atoms with E-state index >= 15 is 0 Å². The molecule has 0 aliphatic heterocycles. The van der Waals surface area contributed by atoms with Gasteiger partial charge in [-0.2, -0.15) is 26.2 Å². The van der Waals surface area contributed by atoms with Crippen LogP contribution in [0.5, 0.6) is 0 Å². The molecule has 0 aliphatic carbocycles. The topological polar surface area (TPSA) is 35.5 Å². The molecule has 13 heavy (non-hydrogen) atoms. The fraction of sp³-hybridized carbons (Fsp3) is 1.00. The molecule has 1 atom stereocenters. The van der Waals surface area contributed by atoms with Crippen molar-refractivity contribution >= 4 is 11.4 Å². The van der Waals surface area contributed by atoms with Gasteiger partial charge in [-0.25, -0.2) is 0 Å². The third-order valence-corrected chi connectivity index (χ3v) is 1.47. The van der Waals surface area contributed by atoms with Crippen LogP contribution < -0.4 is 0 Å². The van der Waals surface area contributed by atoms with Crippen LogP contribution in [0.15, 0.2) is 0 Å². The Morgan fingerprint density at radius 1 is 1.23 bits per heavy atom. The summed E-state index contributed by atoms with van der Waals surface area (Å²) in [6.07, 6.45) is -5.72. The van der Waals surface area contributed by atoms with E-state index in [2.05, 4.69) is 8.37 Å². The van der Waals surface area contributed by atoms with E-state index in [-0.39, 0.29) is 0 Å². The van der Waals surface area contributed by atoms with E-state index in [1.165, 1.54) is 0 Å². The van der Waals surface area contributed by atoms with Crippen molar-refractivity contribution in [1.29, 1.82) is 0 Å². The maximum absolute atomic E-state index is 12.0. The van der Waals surface area contributed by atoms with Crippen molar-refractivity contribution in [3.8, 4) is 0 Å². The summed E-state index contributed by atoms with van der Waals surface area (Å²) in [6, 6.07) is 0. The van der Waals surface area contributed by atoms with Crippen LogP contribution in [0.3, 0.4) is 0 Å². The molecule has 80 valence electrons. The fourth-order valence-corrected chi connectivity index (χ4v) is 0.593. The lowest BCUT2D eigenvalue weighted by molar-refractivity contribution is -0.289. The monoisotopic (exact) mass is 228 g/mol. The highest BCUT2D eigenvalue weighted by Crippen LogP contribution is 2.35. The Kier molecular flexibility index (Phi) is 4.20. The van der Waals surface area contributed by atoms with Gasteiger partial charge in [0, 0.05) is 0 Å². The highest BCUT2D eigenvalue weighted by Gasteiger charge is 2.58. The van der Waals surface area contributed by atoms with Gasteiger partial charge in [0.05, 0.1) is 7.11 Å². The smallest absolute Gasteiger partial charge is 0.272 e. The van der Waals surface area contributed by atoms with E-state index < -0.39 is 30.1 Å². The van der Waals surface area contributed by atoms with E-state index in [9.17, 15) is 26.2 Å². The summed E-state index contributed by atoms with van der Waals surface area (Å²) in [5, 5.41) is 0. The van der Waals surface area contributed by atoms with Gasteiger partial charge in [-0.05, 0) is 0 Å². The third-order valence-electron chi connectivity index (χ3n) is 0.887. The van der Waals surface area contributed by atoms with Crippen LogP contribution in [0.2, 0.25) is 0 Å². The molecule has 0 fully saturated rings. The van der Waals surface area contributed by atoms with Crippen molar-refractivity contribution in [1.82, 2.24) is 0 Å². The summed E-state index contributed by atoms with van der Waals surface area (Å²) < 4.78 is 75.8. The molecule has 0 aromatic carbocycles. The summed E-state index contributed by atoms with van der Waals surface area (Å²) in [7, 11) is 0.835. The average molecular weight is 228 g/mol. The molecular formula is C4H5F5O3S. The molecule has 1 unspecified atom stereocenters. The van der Waals surface area contributed by atoms with Crippen molar-refractivity contribution in [2.75, 3.05) is 13.7 Å². The van der Waals surface area contributed by atoms with Crippen molar-refractivity contribution < 1.29 is 34.5 Å². The minimum absolute atomic E-state index is 0.835. The van der Waals surface area contributed by atoms with Gasteiger partial charge in [0.25, 0.3) is 0 Å². The zero-order chi connectivity index (χ0) is 10.7. The average Bonchev–Trinajstić information content (AvgIpc) is 1.98. The van der Waals surface area contributed by atoms with E-state index in [0.29, 0.717) is 0 Å². The Hall–Kier alpha value is -0.280. The number of hydrogen-bond acceptors (Lipinski definition) is 3. The number of rotatable bonds is 4. The van der Waals surface area contributed by atoms with Crippen LogP contribution >= 0.6 is 0 Å².